The predicted octanol–water partition coefficient (Wildman–Crippen LogP) is 1.09. The van der Waals surface area contributed by atoms with Crippen molar-refractivity contribution in [1.82, 2.24) is 20.9 Å². The highest BCUT2D eigenvalue weighted by molar-refractivity contribution is 7.11. The third-order valence-corrected chi connectivity index (χ3v) is 4.58. The van der Waals surface area contributed by atoms with Crippen LogP contribution in [0.1, 0.15) is 23.6 Å². The van der Waals surface area contributed by atoms with Gasteiger partial charge in [-0.1, -0.05) is 0 Å². The van der Waals surface area contributed by atoms with Crippen LogP contribution in [-0.2, 0) is 11.2 Å². The van der Waals surface area contributed by atoms with Crippen molar-refractivity contribution < 1.29 is 9.59 Å². The molecule has 1 saturated heterocycles. The van der Waals surface area contributed by atoms with Crippen molar-refractivity contribution in [1.29, 1.82) is 0 Å². The summed E-state index contributed by atoms with van der Waals surface area (Å²) in [6, 6.07) is 4.18. The summed E-state index contributed by atoms with van der Waals surface area (Å²) in [5, 5.41) is 9.06. The van der Waals surface area contributed by atoms with Crippen LogP contribution >= 0.6 is 11.3 Å². The van der Waals surface area contributed by atoms with Gasteiger partial charge in [0.25, 0.3) is 0 Å². The van der Waals surface area contributed by atoms with E-state index < -0.39 is 0 Å². The minimum absolute atomic E-state index is 0.0815. The van der Waals surface area contributed by atoms with Crippen LogP contribution in [0.5, 0.6) is 0 Å². The summed E-state index contributed by atoms with van der Waals surface area (Å²) in [4.78, 5) is 31.3. The van der Waals surface area contributed by atoms with Gasteiger partial charge in [0.1, 0.15) is 0 Å². The molecule has 0 radical (unpaired) electrons. The predicted molar refractivity (Wildman–Crippen MR) is 96.4 cm³/mol. The van der Waals surface area contributed by atoms with E-state index in [1.54, 1.807) is 11.3 Å². The molecule has 1 fully saturated rings. The number of thiophene rings is 1. The molecule has 3 amide bonds. The number of hydrogen-bond acceptors (Lipinski definition) is 4. The number of carbonyl (C=O) groups is 2. The van der Waals surface area contributed by atoms with E-state index in [2.05, 4.69) is 46.9 Å². The van der Waals surface area contributed by atoms with Crippen LogP contribution in [-0.4, -0.2) is 55.0 Å². The molecule has 0 spiro atoms. The van der Waals surface area contributed by atoms with Gasteiger partial charge >= 0.3 is 6.03 Å². The van der Waals surface area contributed by atoms with Gasteiger partial charge in [0, 0.05) is 28.8 Å². The summed E-state index contributed by atoms with van der Waals surface area (Å²) in [5.74, 6) is 0.500. The van der Waals surface area contributed by atoms with Crippen LogP contribution in [0.2, 0.25) is 0 Å². The fourth-order valence-electron chi connectivity index (χ4n) is 2.44. The van der Waals surface area contributed by atoms with Gasteiger partial charge in [0.15, 0.2) is 5.96 Å². The molecule has 3 N–H and O–H groups in total. The molecule has 0 saturated carbocycles. The Morgan fingerprint density at radius 1 is 1.46 bits per heavy atom. The zero-order valence-electron chi connectivity index (χ0n) is 14.4. The van der Waals surface area contributed by atoms with E-state index in [1.165, 1.54) is 14.7 Å². The van der Waals surface area contributed by atoms with Gasteiger partial charge in [-0.3, -0.25) is 14.7 Å². The molecule has 2 rings (SSSR count). The van der Waals surface area contributed by atoms with E-state index in [9.17, 15) is 9.59 Å². The smallest absolute Gasteiger partial charge is 0.324 e. The van der Waals surface area contributed by atoms with Crippen molar-refractivity contribution in [3.63, 3.8) is 0 Å². The van der Waals surface area contributed by atoms with Gasteiger partial charge in [-0.05, 0) is 32.9 Å². The number of aliphatic imine (C=N–C) groups is 1. The Morgan fingerprint density at radius 3 is 2.83 bits per heavy atom. The molecule has 0 aliphatic carbocycles. The van der Waals surface area contributed by atoms with Crippen LogP contribution in [0.25, 0.3) is 0 Å². The first-order valence-corrected chi connectivity index (χ1v) is 8.99. The summed E-state index contributed by atoms with van der Waals surface area (Å²) < 4.78 is 0. The Morgan fingerprint density at radius 2 is 2.25 bits per heavy atom. The second kappa shape index (κ2) is 8.68. The Bertz CT molecular complexity index is 597. The molecular weight excluding hydrogens is 326 g/mol. The number of guanidine groups is 1. The van der Waals surface area contributed by atoms with Crippen LogP contribution in [0, 0.1) is 6.92 Å². The van der Waals surface area contributed by atoms with Gasteiger partial charge in [0.2, 0.25) is 5.91 Å². The number of amides is 3. The second-order valence-corrected chi connectivity index (χ2v) is 7.10. The quantitative estimate of drug-likeness (QED) is 0.390. The molecule has 1 aliphatic heterocycles. The normalized spacial score (nSPS) is 16.3. The van der Waals surface area contributed by atoms with Gasteiger partial charge < -0.3 is 16.0 Å². The summed E-state index contributed by atoms with van der Waals surface area (Å²) in [6.07, 6.45) is 0.927. The second-order valence-electron chi connectivity index (χ2n) is 5.73. The number of urea groups is 1. The molecule has 0 aromatic carbocycles. The first kappa shape index (κ1) is 18.3. The molecule has 7 nitrogen and oxygen atoms in total. The molecule has 8 heteroatoms. The van der Waals surface area contributed by atoms with Gasteiger partial charge in [-0.15, -0.1) is 11.3 Å². The maximum atomic E-state index is 11.5. The zero-order chi connectivity index (χ0) is 17.5. The molecule has 1 aromatic heterocycles. The van der Waals surface area contributed by atoms with Crippen molar-refractivity contribution in [2.24, 2.45) is 4.99 Å². The highest BCUT2D eigenvalue weighted by atomic mass is 32.1. The fraction of sp³-hybridized carbons (Fsp3) is 0.562. The molecule has 1 unspecified atom stereocenters. The number of nitrogens with one attached hydrogen (secondary N) is 3. The van der Waals surface area contributed by atoms with Crippen LogP contribution in [0.3, 0.4) is 0 Å². The SMILES string of the molecule is CCNC(=NCCN1C(=O)CNC1=O)NC(C)Cc1ccc(C)s1. The van der Waals surface area contributed by atoms with Gasteiger partial charge in [0.05, 0.1) is 19.6 Å². The molecular formula is C16H25N5O2S. The van der Waals surface area contributed by atoms with Crippen LogP contribution < -0.4 is 16.0 Å². The van der Waals surface area contributed by atoms with Gasteiger partial charge in [-0.25, -0.2) is 4.79 Å². The maximum Gasteiger partial charge on any atom is 0.324 e. The average molecular weight is 351 g/mol. The minimum Gasteiger partial charge on any atom is -0.357 e. The summed E-state index contributed by atoms with van der Waals surface area (Å²) in [5.41, 5.74) is 0. The van der Waals surface area contributed by atoms with E-state index in [1.807, 2.05) is 6.92 Å². The van der Waals surface area contributed by atoms with E-state index in [-0.39, 0.29) is 24.5 Å². The van der Waals surface area contributed by atoms with Crippen molar-refractivity contribution in [3.8, 4) is 0 Å². The minimum atomic E-state index is -0.338. The average Bonchev–Trinajstić information content (AvgIpc) is 3.06. The van der Waals surface area contributed by atoms with E-state index >= 15 is 0 Å². The molecule has 0 bridgehead atoms. The molecule has 132 valence electrons. The first-order valence-electron chi connectivity index (χ1n) is 8.18. The van der Waals surface area contributed by atoms with Crippen molar-refractivity contribution >= 4 is 29.2 Å². The number of rotatable bonds is 7. The lowest BCUT2D eigenvalue weighted by Crippen LogP contribution is -2.43. The molecule has 1 aliphatic rings. The largest absolute Gasteiger partial charge is 0.357 e. The summed E-state index contributed by atoms with van der Waals surface area (Å²) in [7, 11) is 0. The van der Waals surface area contributed by atoms with Gasteiger partial charge in [-0.2, -0.15) is 0 Å². The maximum absolute atomic E-state index is 11.5. The topological polar surface area (TPSA) is 85.8 Å². The Balaban J connectivity index is 1.85. The summed E-state index contributed by atoms with van der Waals surface area (Å²) >= 11 is 1.80. The number of imide groups is 1. The Kier molecular flexibility index (Phi) is 6.60. The van der Waals surface area contributed by atoms with E-state index in [4.69, 9.17) is 0 Å². The molecule has 1 atom stereocenters. The number of carbonyl (C=O) groups excluding carboxylic acids is 2. The van der Waals surface area contributed by atoms with Crippen molar-refractivity contribution in [2.45, 2.75) is 33.2 Å². The third-order valence-electron chi connectivity index (χ3n) is 3.56. The van der Waals surface area contributed by atoms with Crippen LogP contribution in [0.15, 0.2) is 17.1 Å². The van der Waals surface area contributed by atoms with Crippen LogP contribution in [0.4, 0.5) is 4.79 Å². The standard InChI is InChI=1S/C16H25N5O2S/c1-4-17-15(18-7-8-21-14(22)10-19-16(21)23)20-11(2)9-13-6-5-12(3)24-13/h5-6,11H,4,7-10H2,1-3H3,(H,19,23)(H2,17,18,20). The highest BCUT2D eigenvalue weighted by Gasteiger charge is 2.27. The molecule has 1 aromatic rings. The highest BCUT2D eigenvalue weighted by Crippen LogP contribution is 2.16. The number of nitrogens with zero attached hydrogens (tertiary/aromatic N) is 2. The van der Waals surface area contributed by atoms with E-state index in [0.29, 0.717) is 19.0 Å². The zero-order valence-corrected chi connectivity index (χ0v) is 15.2. The first-order chi connectivity index (χ1) is 11.5. The lowest BCUT2D eigenvalue weighted by atomic mass is 10.2. The Hall–Kier alpha value is -2.09. The van der Waals surface area contributed by atoms with Crippen molar-refractivity contribution in [2.75, 3.05) is 26.2 Å². The molecule has 2 heterocycles. The third kappa shape index (κ3) is 5.23. The van der Waals surface area contributed by atoms with E-state index in [0.717, 1.165) is 13.0 Å². The Labute approximate surface area is 146 Å². The van der Waals surface area contributed by atoms with Crippen molar-refractivity contribution in [3.05, 3.63) is 21.9 Å². The summed E-state index contributed by atoms with van der Waals surface area (Å²) in [6.45, 7) is 7.71. The fourth-order valence-corrected chi connectivity index (χ4v) is 3.46. The lowest BCUT2D eigenvalue weighted by Gasteiger charge is -2.18. The molecule has 24 heavy (non-hydrogen) atoms. The lowest BCUT2D eigenvalue weighted by molar-refractivity contribution is -0.124. The number of hydrogen-bond donors (Lipinski definition) is 3. The number of aryl methyl sites for hydroxylation is 1. The monoisotopic (exact) mass is 351 g/mol.